The van der Waals surface area contributed by atoms with Gasteiger partial charge in [0.2, 0.25) is 0 Å². The SMILES string of the molecule is COc1ccc(Cl)cc1C1CCC(Br)C1. The zero-order chi connectivity index (χ0) is 10.8. The molecule has 0 bridgehead atoms. The average molecular weight is 290 g/mol. The van der Waals surface area contributed by atoms with Crippen LogP contribution >= 0.6 is 27.5 Å². The minimum Gasteiger partial charge on any atom is -0.496 e. The van der Waals surface area contributed by atoms with E-state index in [2.05, 4.69) is 15.9 Å². The van der Waals surface area contributed by atoms with Crippen LogP contribution in [0, 0.1) is 0 Å². The molecule has 2 unspecified atom stereocenters. The summed E-state index contributed by atoms with van der Waals surface area (Å²) in [5.41, 5.74) is 1.26. The molecule has 1 aromatic carbocycles. The molecule has 0 aromatic heterocycles. The average Bonchev–Trinajstić information content (AvgIpc) is 2.65. The molecular weight excluding hydrogens is 275 g/mol. The lowest BCUT2D eigenvalue weighted by atomic mass is 9.97. The van der Waals surface area contributed by atoms with Crippen molar-refractivity contribution >= 4 is 27.5 Å². The molecule has 82 valence electrons. The normalized spacial score (nSPS) is 25.5. The molecule has 0 heterocycles. The van der Waals surface area contributed by atoms with Crippen LogP contribution in [0.15, 0.2) is 18.2 Å². The van der Waals surface area contributed by atoms with Crippen LogP contribution < -0.4 is 4.74 Å². The topological polar surface area (TPSA) is 9.23 Å². The summed E-state index contributed by atoms with van der Waals surface area (Å²) in [4.78, 5) is 0.645. The van der Waals surface area contributed by atoms with Gasteiger partial charge in [-0.3, -0.25) is 0 Å². The summed E-state index contributed by atoms with van der Waals surface area (Å²) in [6.45, 7) is 0. The Morgan fingerprint density at radius 3 is 2.80 bits per heavy atom. The fraction of sp³-hybridized carbons (Fsp3) is 0.500. The number of alkyl halides is 1. The first-order valence-corrected chi connectivity index (χ1v) is 6.47. The third-order valence-electron chi connectivity index (χ3n) is 3.00. The summed E-state index contributed by atoms with van der Waals surface area (Å²) in [6, 6.07) is 5.87. The highest BCUT2D eigenvalue weighted by Gasteiger charge is 2.26. The molecule has 0 radical (unpaired) electrons. The fourth-order valence-electron chi connectivity index (χ4n) is 2.23. The molecule has 15 heavy (non-hydrogen) atoms. The first-order valence-electron chi connectivity index (χ1n) is 5.18. The smallest absolute Gasteiger partial charge is 0.122 e. The maximum Gasteiger partial charge on any atom is 0.122 e. The Balaban J connectivity index is 2.29. The van der Waals surface area contributed by atoms with E-state index in [9.17, 15) is 0 Å². The summed E-state index contributed by atoms with van der Waals surface area (Å²) >= 11 is 9.69. The van der Waals surface area contributed by atoms with Crippen LogP contribution in [-0.4, -0.2) is 11.9 Å². The van der Waals surface area contributed by atoms with Crippen molar-refractivity contribution in [1.29, 1.82) is 0 Å². The van der Waals surface area contributed by atoms with E-state index in [1.54, 1.807) is 7.11 Å². The summed E-state index contributed by atoms with van der Waals surface area (Å²) in [5, 5.41) is 0.795. The van der Waals surface area contributed by atoms with Crippen molar-refractivity contribution in [3.05, 3.63) is 28.8 Å². The first kappa shape index (κ1) is 11.3. The monoisotopic (exact) mass is 288 g/mol. The van der Waals surface area contributed by atoms with E-state index in [0.717, 1.165) is 10.8 Å². The highest BCUT2D eigenvalue weighted by molar-refractivity contribution is 9.09. The van der Waals surface area contributed by atoms with Gasteiger partial charge in [0.1, 0.15) is 5.75 Å². The Morgan fingerprint density at radius 2 is 2.20 bits per heavy atom. The van der Waals surface area contributed by atoms with Crippen LogP contribution in [0.1, 0.15) is 30.7 Å². The van der Waals surface area contributed by atoms with Crippen LogP contribution in [-0.2, 0) is 0 Å². The molecule has 2 atom stereocenters. The molecule has 3 heteroatoms. The van der Waals surface area contributed by atoms with Crippen molar-refractivity contribution in [1.82, 2.24) is 0 Å². The second-order valence-corrected chi connectivity index (χ2v) is 5.72. The van der Waals surface area contributed by atoms with Crippen molar-refractivity contribution < 1.29 is 4.74 Å². The van der Waals surface area contributed by atoms with Crippen LogP contribution in [0.3, 0.4) is 0 Å². The Hall–Kier alpha value is -0.210. The van der Waals surface area contributed by atoms with E-state index in [4.69, 9.17) is 16.3 Å². The molecule has 0 aliphatic heterocycles. The highest BCUT2D eigenvalue weighted by Crippen LogP contribution is 2.42. The molecule has 0 N–H and O–H groups in total. The zero-order valence-electron chi connectivity index (χ0n) is 8.67. The maximum absolute atomic E-state index is 6.02. The van der Waals surface area contributed by atoms with Gasteiger partial charge in [0.25, 0.3) is 0 Å². The fourth-order valence-corrected chi connectivity index (χ4v) is 3.13. The lowest BCUT2D eigenvalue weighted by Crippen LogP contribution is -1.98. The van der Waals surface area contributed by atoms with E-state index < -0.39 is 0 Å². The summed E-state index contributed by atoms with van der Waals surface area (Å²) in [5.74, 6) is 1.55. The Labute approximate surface area is 104 Å². The van der Waals surface area contributed by atoms with Crippen molar-refractivity contribution in [2.75, 3.05) is 7.11 Å². The van der Waals surface area contributed by atoms with Crippen molar-refractivity contribution in [3.63, 3.8) is 0 Å². The number of rotatable bonds is 2. The van der Waals surface area contributed by atoms with E-state index in [1.165, 1.54) is 24.8 Å². The molecule has 1 saturated carbocycles. The molecule has 1 aromatic rings. The third-order valence-corrected chi connectivity index (χ3v) is 4.07. The number of ether oxygens (including phenoxy) is 1. The first-order chi connectivity index (χ1) is 7.20. The van der Waals surface area contributed by atoms with Gasteiger partial charge in [0.05, 0.1) is 7.11 Å². The molecule has 1 aliphatic carbocycles. The van der Waals surface area contributed by atoms with Gasteiger partial charge in [-0.25, -0.2) is 0 Å². The van der Waals surface area contributed by atoms with Crippen LogP contribution in [0.25, 0.3) is 0 Å². The quantitative estimate of drug-likeness (QED) is 0.734. The predicted molar refractivity (Wildman–Crippen MR) is 67.3 cm³/mol. The zero-order valence-corrected chi connectivity index (χ0v) is 11.0. The van der Waals surface area contributed by atoms with Gasteiger partial charge in [-0.1, -0.05) is 27.5 Å². The highest BCUT2D eigenvalue weighted by atomic mass is 79.9. The minimum atomic E-state index is 0.586. The van der Waals surface area contributed by atoms with Crippen LogP contribution in [0.5, 0.6) is 5.75 Å². The summed E-state index contributed by atoms with van der Waals surface area (Å²) < 4.78 is 5.37. The second-order valence-electron chi connectivity index (χ2n) is 3.99. The van der Waals surface area contributed by atoms with Crippen LogP contribution in [0.4, 0.5) is 0 Å². The third kappa shape index (κ3) is 2.48. The van der Waals surface area contributed by atoms with E-state index in [-0.39, 0.29) is 0 Å². The van der Waals surface area contributed by atoms with Gasteiger partial charge in [0, 0.05) is 9.85 Å². The summed E-state index contributed by atoms with van der Waals surface area (Å²) in [6.07, 6.45) is 3.63. The van der Waals surface area contributed by atoms with Gasteiger partial charge in [-0.05, 0) is 48.9 Å². The standard InChI is InChI=1S/C12H14BrClO/c1-15-12-5-4-10(14)7-11(12)8-2-3-9(13)6-8/h4-5,7-9H,2-3,6H2,1H3. The lowest BCUT2D eigenvalue weighted by molar-refractivity contribution is 0.405. The van der Waals surface area contributed by atoms with E-state index in [0.29, 0.717) is 10.7 Å². The van der Waals surface area contributed by atoms with E-state index in [1.807, 2.05) is 18.2 Å². The van der Waals surface area contributed by atoms with Gasteiger partial charge in [-0.2, -0.15) is 0 Å². The van der Waals surface area contributed by atoms with Crippen LogP contribution in [0.2, 0.25) is 5.02 Å². The van der Waals surface area contributed by atoms with E-state index >= 15 is 0 Å². The molecule has 1 nitrogen and oxygen atoms in total. The predicted octanol–water partition coefficient (Wildman–Crippen LogP) is 4.38. The van der Waals surface area contributed by atoms with Gasteiger partial charge < -0.3 is 4.74 Å². The van der Waals surface area contributed by atoms with Gasteiger partial charge in [-0.15, -0.1) is 0 Å². The molecule has 0 saturated heterocycles. The Bertz CT molecular complexity index is 353. The second kappa shape index (κ2) is 4.75. The number of methoxy groups -OCH3 is 1. The molecule has 1 aliphatic rings. The molecule has 0 spiro atoms. The van der Waals surface area contributed by atoms with Gasteiger partial charge >= 0.3 is 0 Å². The maximum atomic E-state index is 6.02. The number of hydrogen-bond donors (Lipinski definition) is 0. The van der Waals surface area contributed by atoms with Crippen molar-refractivity contribution in [2.24, 2.45) is 0 Å². The summed E-state index contributed by atoms with van der Waals surface area (Å²) in [7, 11) is 1.72. The molecule has 0 amide bonds. The number of benzene rings is 1. The Kier molecular flexibility index (Phi) is 3.57. The van der Waals surface area contributed by atoms with Crippen molar-refractivity contribution in [2.45, 2.75) is 30.0 Å². The van der Waals surface area contributed by atoms with Crippen molar-refractivity contribution in [3.8, 4) is 5.75 Å². The Morgan fingerprint density at radius 1 is 1.40 bits per heavy atom. The minimum absolute atomic E-state index is 0.586. The number of halogens is 2. The van der Waals surface area contributed by atoms with Gasteiger partial charge in [0.15, 0.2) is 0 Å². The number of hydrogen-bond acceptors (Lipinski definition) is 1. The largest absolute Gasteiger partial charge is 0.496 e. The molecular formula is C12H14BrClO. The lowest BCUT2D eigenvalue weighted by Gasteiger charge is -2.14. The molecule has 1 fully saturated rings. The molecule has 2 rings (SSSR count).